The standard InChI is InChI=1S/C48H77N7O10S3/c1-9-11-14-23-64-31-55(47(61)42(33(5)10-2)51-45(60)39-16-12-13-21-54(39)7)40(32(3)4)29-41(63-8)46-50-38(30-66-46)44(59)49-36(28-35-17-19-37(57)20-18-35)27-34(6)43(58)52-53-48(62)65-24-26-68-67-25-15-22-56/h17-20,22,30,32-34,36,39-42,57H,9-16,21,23-29,31H2,1-8H3,(H,49,59)(H,51,60)(H,52,58)(H,53,62)/t33?,34-,36+,39+,40+,41+,42-/m0/s1. The van der Waals surface area contributed by atoms with Crippen molar-refractivity contribution in [1.82, 2.24) is 36.3 Å². The number of benzene rings is 1. The molecular weight excluding hydrogens is 931 g/mol. The molecule has 7 atom stereocenters. The first kappa shape index (κ1) is 58.4. The minimum absolute atomic E-state index is 0.0437. The van der Waals surface area contributed by atoms with Crippen LogP contribution in [0, 0.1) is 17.8 Å². The molecule has 0 aliphatic carbocycles. The number of thiazole rings is 1. The molecule has 68 heavy (non-hydrogen) atoms. The zero-order valence-electron chi connectivity index (χ0n) is 41.3. The van der Waals surface area contributed by atoms with Crippen molar-refractivity contribution in [1.29, 1.82) is 0 Å². The summed E-state index contributed by atoms with van der Waals surface area (Å²) in [4.78, 5) is 87.0. The number of carbonyl (C=O) groups excluding carboxylic acids is 6. The number of piperidine rings is 1. The Balaban J connectivity index is 1.78. The summed E-state index contributed by atoms with van der Waals surface area (Å²) in [6, 6.07) is 4.57. The third-order valence-corrected chi connectivity index (χ3v) is 15.5. The van der Waals surface area contributed by atoms with Gasteiger partial charge >= 0.3 is 6.09 Å². The molecule has 0 spiro atoms. The number of nitrogens with one attached hydrogen (secondary N) is 4. The van der Waals surface area contributed by atoms with E-state index in [1.807, 2.05) is 34.7 Å². The number of methoxy groups -OCH3 is 1. The van der Waals surface area contributed by atoms with Gasteiger partial charge in [-0.15, -0.1) is 11.3 Å². The quantitative estimate of drug-likeness (QED) is 0.0168. The molecule has 20 heteroatoms. The van der Waals surface area contributed by atoms with Gasteiger partial charge in [-0.2, -0.15) is 0 Å². The first-order valence-corrected chi connectivity index (χ1v) is 27.4. The summed E-state index contributed by atoms with van der Waals surface area (Å²) < 4.78 is 17.4. The second kappa shape index (κ2) is 32.0. The Morgan fingerprint density at radius 2 is 1.72 bits per heavy atom. The smallest absolute Gasteiger partial charge is 0.426 e. The largest absolute Gasteiger partial charge is 0.508 e. The average Bonchev–Trinajstić information content (AvgIpc) is 3.82. The van der Waals surface area contributed by atoms with Crippen molar-refractivity contribution in [3.05, 3.63) is 45.9 Å². The summed E-state index contributed by atoms with van der Waals surface area (Å²) in [5.74, 6) is -0.879. The van der Waals surface area contributed by atoms with Gasteiger partial charge in [0.1, 0.15) is 48.2 Å². The second-order valence-corrected chi connectivity index (χ2v) is 21.4. The monoisotopic (exact) mass is 1010 g/mol. The highest BCUT2D eigenvalue weighted by Gasteiger charge is 2.38. The van der Waals surface area contributed by atoms with Gasteiger partial charge in [0, 0.05) is 61.4 Å². The fourth-order valence-electron chi connectivity index (χ4n) is 7.83. The third-order valence-electron chi connectivity index (χ3n) is 12.1. The van der Waals surface area contributed by atoms with Gasteiger partial charge in [-0.25, -0.2) is 15.2 Å². The van der Waals surface area contributed by atoms with Gasteiger partial charge in [-0.3, -0.25) is 29.5 Å². The average molecular weight is 1010 g/mol. The van der Waals surface area contributed by atoms with Gasteiger partial charge in [0.2, 0.25) is 17.7 Å². The van der Waals surface area contributed by atoms with Crippen molar-refractivity contribution in [2.45, 2.75) is 142 Å². The molecule has 0 bridgehead atoms. The number of phenolic OH excluding ortho intramolecular Hbond substituents is 1. The van der Waals surface area contributed by atoms with E-state index in [-0.39, 0.29) is 66.9 Å². The Hall–Kier alpha value is -3.95. The van der Waals surface area contributed by atoms with Crippen molar-refractivity contribution in [2.24, 2.45) is 17.8 Å². The first-order valence-electron chi connectivity index (χ1n) is 24.0. The number of likely N-dealkylation sites (tertiary alicyclic amines) is 1. The number of aromatic nitrogens is 1. The molecule has 1 saturated heterocycles. The number of hydrazine groups is 1. The predicted octanol–water partition coefficient (Wildman–Crippen LogP) is 7.05. The number of rotatable bonds is 31. The number of unbranched alkanes of at least 4 members (excludes halogenated alkanes) is 2. The number of aromatic hydroxyl groups is 1. The lowest BCUT2D eigenvalue weighted by molar-refractivity contribution is -0.149. The van der Waals surface area contributed by atoms with E-state index in [1.165, 1.54) is 32.9 Å². The lowest BCUT2D eigenvalue weighted by Gasteiger charge is -2.40. The Morgan fingerprint density at radius 3 is 2.38 bits per heavy atom. The van der Waals surface area contributed by atoms with Crippen LogP contribution in [-0.4, -0.2) is 132 Å². The van der Waals surface area contributed by atoms with Gasteiger partial charge in [0.25, 0.3) is 5.91 Å². The van der Waals surface area contributed by atoms with E-state index in [0.29, 0.717) is 48.8 Å². The Bertz CT molecular complexity index is 1840. The molecule has 5 N–H and O–H groups in total. The van der Waals surface area contributed by atoms with Crippen LogP contribution in [0.4, 0.5) is 4.79 Å². The summed E-state index contributed by atoms with van der Waals surface area (Å²) >= 11 is 1.27. The number of aldehydes is 1. The van der Waals surface area contributed by atoms with Crippen LogP contribution in [-0.2, 0) is 39.8 Å². The zero-order valence-corrected chi connectivity index (χ0v) is 43.7. The molecule has 1 unspecified atom stereocenters. The number of nitrogens with zero attached hydrogens (tertiary/aromatic N) is 3. The SMILES string of the molecule is CCCCCOCN(C(=O)[C@@H](NC(=O)[C@H]1CCCCN1C)C(C)CC)[C@H](C[C@@H](OC)c1nc(C(=O)N[C@@H](Cc2ccc(O)cc2)C[C@H](C)C(=O)NNC(=O)OCCSSCCC=O)cs1)C(C)C. The number of phenols is 1. The minimum atomic E-state index is -0.816. The number of ether oxygens (including phenoxy) is 3. The maximum Gasteiger partial charge on any atom is 0.426 e. The Kier molecular flexibility index (Phi) is 27.5. The minimum Gasteiger partial charge on any atom is -0.508 e. The van der Waals surface area contributed by atoms with Crippen LogP contribution in [0.1, 0.15) is 133 Å². The van der Waals surface area contributed by atoms with Crippen molar-refractivity contribution in [2.75, 3.05) is 52.2 Å². The number of carbonyl (C=O) groups is 6. The predicted molar refractivity (Wildman–Crippen MR) is 269 cm³/mol. The van der Waals surface area contributed by atoms with Crippen LogP contribution >= 0.6 is 32.9 Å². The van der Waals surface area contributed by atoms with E-state index < -0.39 is 42.0 Å². The third kappa shape index (κ3) is 20.2. The molecule has 3 rings (SSSR count). The zero-order chi connectivity index (χ0) is 50.0. The van der Waals surface area contributed by atoms with E-state index >= 15 is 0 Å². The van der Waals surface area contributed by atoms with E-state index in [2.05, 4.69) is 33.3 Å². The topological polar surface area (TPSA) is 218 Å². The van der Waals surface area contributed by atoms with Crippen LogP contribution in [0.2, 0.25) is 0 Å². The lowest BCUT2D eigenvalue weighted by Crippen LogP contribution is -2.59. The fourth-order valence-corrected chi connectivity index (χ4v) is 10.5. The van der Waals surface area contributed by atoms with Crippen LogP contribution in [0.3, 0.4) is 0 Å². The molecule has 1 fully saturated rings. The molecule has 1 aromatic carbocycles. The highest BCUT2D eigenvalue weighted by Crippen LogP contribution is 2.31. The van der Waals surface area contributed by atoms with Gasteiger partial charge in [-0.05, 0) is 75.2 Å². The highest BCUT2D eigenvalue weighted by atomic mass is 33.1. The molecule has 382 valence electrons. The van der Waals surface area contributed by atoms with Crippen LogP contribution < -0.4 is 21.5 Å². The summed E-state index contributed by atoms with van der Waals surface area (Å²) in [6.45, 7) is 13.4. The normalized spacial score (nSPS) is 16.7. The summed E-state index contributed by atoms with van der Waals surface area (Å²) in [7, 11) is 6.51. The number of amides is 5. The molecule has 1 aliphatic heterocycles. The van der Waals surface area contributed by atoms with E-state index in [0.717, 1.165) is 56.9 Å². The van der Waals surface area contributed by atoms with Gasteiger partial charge in [-0.1, -0.05) is 101 Å². The van der Waals surface area contributed by atoms with Crippen molar-refractivity contribution >= 4 is 68.9 Å². The van der Waals surface area contributed by atoms with Gasteiger partial charge in [0.15, 0.2) is 0 Å². The molecule has 0 radical (unpaired) electrons. The van der Waals surface area contributed by atoms with E-state index in [4.69, 9.17) is 19.2 Å². The molecular formula is C48H77N7O10S3. The first-order chi connectivity index (χ1) is 32.6. The molecule has 1 aliphatic rings. The fraction of sp³-hybridized carbons (Fsp3) is 0.688. The van der Waals surface area contributed by atoms with Crippen molar-refractivity contribution < 1.29 is 48.1 Å². The maximum atomic E-state index is 14.9. The molecule has 2 aromatic rings. The molecule has 2 heterocycles. The van der Waals surface area contributed by atoms with Crippen molar-refractivity contribution in [3.8, 4) is 5.75 Å². The Morgan fingerprint density at radius 1 is 0.985 bits per heavy atom. The van der Waals surface area contributed by atoms with Crippen LogP contribution in [0.15, 0.2) is 29.6 Å². The summed E-state index contributed by atoms with van der Waals surface area (Å²) in [5.41, 5.74) is 5.63. The summed E-state index contributed by atoms with van der Waals surface area (Å²) in [6.07, 6.45) is 7.05. The summed E-state index contributed by atoms with van der Waals surface area (Å²) in [5, 5.41) is 18.3. The number of hydrogen-bond donors (Lipinski definition) is 5. The Labute approximate surface area is 415 Å². The lowest BCUT2D eigenvalue weighted by atomic mass is 9.92. The second-order valence-electron chi connectivity index (χ2n) is 17.8. The molecule has 1 aromatic heterocycles. The maximum absolute atomic E-state index is 14.9. The van der Waals surface area contributed by atoms with E-state index in [9.17, 15) is 33.9 Å². The van der Waals surface area contributed by atoms with E-state index in [1.54, 1.807) is 48.6 Å². The molecule has 5 amide bonds. The van der Waals surface area contributed by atoms with Crippen LogP contribution in [0.5, 0.6) is 5.75 Å². The molecule has 17 nitrogen and oxygen atoms in total. The van der Waals surface area contributed by atoms with Crippen molar-refractivity contribution in [3.63, 3.8) is 0 Å². The van der Waals surface area contributed by atoms with Gasteiger partial charge in [0.05, 0.1) is 6.04 Å². The number of hydrogen-bond acceptors (Lipinski definition) is 15. The number of likely N-dealkylation sites (N-methyl/N-ethyl adjacent to an activating group) is 1. The van der Waals surface area contributed by atoms with Gasteiger partial charge < -0.3 is 39.6 Å². The van der Waals surface area contributed by atoms with Crippen LogP contribution in [0.25, 0.3) is 0 Å². The molecule has 0 saturated carbocycles. The highest BCUT2D eigenvalue weighted by molar-refractivity contribution is 8.76.